The van der Waals surface area contributed by atoms with Gasteiger partial charge in [-0.05, 0) is 64.9 Å². The average Bonchev–Trinajstić information content (AvgIpc) is 2.90. The fourth-order valence-corrected chi connectivity index (χ4v) is 4.81. The lowest BCUT2D eigenvalue weighted by atomic mass is 9.98. The third-order valence-electron chi connectivity index (χ3n) is 6.58. The van der Waals surface area contributed by atoms with Gasteiger partial charge < -0.3 is 10.2 Å². The van der Waals surface area contributed by atoms with E-state index in [1.807, 2.05) is 29.2 Å². The molecule has 4 heteroatoms. The summed E-state index contributed by atoms with van der Waals surface area (Å²) >= 11 is 0. The highest BCUT2D eigenvalue weighted by Crippen LogP contribution is 2.35. The fourth-order valence-electron chi connectivity index (χ4n) is 4.81. The van der Waals surface area contributed by atoms with Crippen LogP contribution < -0.4 is 10.2 Å². The molecule has 1 amide bonds. The molecule has 0 unspecified atom stereocenters. The molecule has 168 valence electrons. The van der Waals surface area contributed by atoms with Gasteiger partial charge in [-0.15, -0.1) is 0 Å². The molecular formula is C30H27N3O. The van der Waals surface area contributed by atoms with Gasteiger partial charge in [-0.1, -0.05) is 66.7 Å². The first-order valence-corrected chi connectivity index (χ1v) is 11.8. The fraction of sp³-hybridized carbons (Fsp3) is 0.200. The van der Waals surface area contributed by atoms with E-state index >= 15 is 0 Å². The number of nitriles is 1. The number of aryl methyl sites for hydroxylation is 2. The number of anilines is 2. The molecule has 1 N–H and O–H groups in total. The maximum absolute atomic E-state index is 13.3. The van der Waals surface area contributed by atoms with Gasteiger partial charge in [0.2, 0.25) is 5.91 Å². The third-order valence-corrected chi connectivity index (χ3v) is 6.58. The van der Waals surface area contributed by atoms with Crippen molar-refractivity contribution < 1.29 is 4.79 Å². The maximum Gasteiger partial charge on any atom is 0.227 e. The van der Waals surface area contributed by atoms with E-state index in [0.29, 0.717) is 24.9 Å². The lowest BCUT2D eigenvalue weighted by Gasteiger charge is -2.32. The van der Waals surface area contributed by atoms with Gasteiger partial charge in [0.1, 0.15) is 0 Å². The number of hydrogen-bond donors (Lipinski definition) is 1. The minimum absolute atomic E-state index is 0.143. The molecule has 4 nitrogen and oxygen atoms in total. The summed E-state index contributed by atoms with van der Waals surface area (Å²) in [5.74, 6) is 0.143. The summed E-state index contributed by atoms with van der Waals surface area (Å²) in [6, 6.07) is 30.8. The van der Waals surface area contributed by atoms with Crippen LogP contribution in [0, 0.1) is 11.3 Å². The number of benzene rings is 4. The van der Waals surface area contributed by atoms with Crippen molar-refractivity contribution in [1.82, 2.24) is 0 Å². The molecule has 1 aliphatic rings. The number of nitrogens with zero attached hydrogens (tertiary/aromatic N) is 2. The molecule has 0 saturated carbocycles. The number of hydrogen-bond acceptors (Lipinski definition) is 3. The van der Waals surface area contributed by atoms with E-state index in [1.165, 1.54) is 21.9 Å². The van der Waals surface area contributed by atoms with Crippen molar-refractivity contribution in [2.45, 2.75) is 32.2 Å². The Kier molecular flexibility index (Phi) is 6.27. The smallest absolute Gasteiger partial charge is 0.227 e. The topological polar surface area (TPSA) is 56.1 Å². The minimum atomic E-state index is 0.143. The second kappa shape index (κ2) is 9.80. The van der Waals surface area contributed by atoms with Crippen molar-refractivity contribution in [2.75, 3.05) is 16.8 Å². The summed E-state index contributed by atoms with van der Waals surface area (Å²) in [6.07, 6.45) is 3.08. The molecule has 0 fully saturated rings. The molecule has 0 spiro atoms. The number of amides is 1. The van der Waals surface area contributed by atoms with E-state index in [1.54, 1.807) is 0 Å². The minimum Gasteiger partial charge on any atom is -0.379 e. The lowest BCUT2D eigenvalue weighted by molar-refractivity contribution is -0.118. The Hall–Kier alpha value is -4.10. The van der Waals surface area contributed by atoms with E-state index in [2.05, 4.69) is 72.0 Å². The number of fused-ring (bicyclic) bond motifs is 2. The molecule has 0 radical (unpaired) electrons. The summed E-state index contributed by atoms with van der Waals surface area (Å²) in [5, 5.41) is 15.1. The van der Waals surface area contributed by atoms with Crippen molar-refractivity contribution in [1.29, 1.82) is 5.26 Å². The first-order valence-electron chi connectivity index (χ1n) is 11.8. The molecule has 34 heavy (non-hydrogen) atoms. The van der Waals surface area contributed by atoms with Crippen molar-refractivity contribution in [3.05, 3.63) is 107 Å². The second-order valence-electron chi connectivity index (χ2n) is 8.76. The zero-order chi connectivity index (χ0) is 23.3. The van der Waals surface area contributed by atoms with Gasteiger partial charge in [0, 0.05) is 19.5 Å². The Bertz CT molecular complexity index is 1360. The van der Waals surface area contributed by atoms with Crippen LogP contribution >= 0.6 is 0 Å². The Morgan fingerprint density at radius 1 is 0.941 bits per heavy atom. The van der Waals surface area contributed by atoms with Crippen LogP contribution in [0.1, 0.15) is 35.1 Å². The maximum atomic E-state index is 13.3. The molecule has 0 aromatic heterocycles. The quantitative estimate of drug-likeness (QED) is 0.382. The summed E-state index contributed by atoms with van der Waals surface area (Å²) in [4.78, 5) is 15.3. The number of nitrogens with one attached hydrogen (secondary N) is 1. The summed E-state index contributed by atoms with van der Waals surface area (Å²) in [7, 11) is 0. The zero-order valence-corrected chi connectivity index (χ0v) is 19.1. The predicted octanol–water partition coefficient (Wildman–Crippen LogP) is 6.24. The SMILES string of the molecule is N#Cc1ccc(CCC(=O)N2CCCc3cccc(NCc4cccc5ccccc45)c32)cc1. The van der Waals surface area contributed by atoms with Crippen LogP contribution in [0.4, 0.5) is 11.4 Å². The van der Waals surface area contributed by atoms with Crippen LogP contribution in [0.3, 0.4) is 0 Å². The van der Waals surface area contributed by atoms with Crippen molar-refractivity contribution >= 4 is 28.1 Å². The van der Waals surface area contributed by atoms with Gasteiger partial charge in [0.15, 0.2) is 0 Å². The van der Waals surface area contributed by atoms with E-state index in [-0.39, 0.29) is 5.91 Å². The molecule has 0 saturated heterocycles. The van der Waals surface area contributed by atoms with Crippen LogP contribution in [0.25, 0.3) is 10.8 Å². The average molecular weight is 446 g/mol. The Morgan fingerprint density at radius 3 is 2.59 bits per heavy atom. The highest BCUT2D eigenvalue weighted by atomic mass is 16.2. The van der Waals surface area contributed by atoms with Crippen molar-refractivity contribution in [2.24, 2.45) is 0 Å². The van der Waals surface area contributed by atoms with E-state index in [4.69, 9.17) is 5.26 Å². The molecular weight excluding hydrogens is 418 g/mol. The molecule has 0 aliphatic carbocycles. The highest BCUT2D eigenvalue weighted by Gasteiger charge is 2.25. The van der Waals surface area contributed by atoms with Crippen LogP contribution in [0.15, 0.2) is 84.9 Å². The molecule has 4 aromatic carbocycles. The predicted molar refractivity (Wildman–Crippen MR) is 138 cm³/mol. The highest BCUT2D eigenvalue weighted by molar-refractivity contribution is 5.98. The van der Waals surface area contributed by atoms with E-state index in [0.717, 1.165) is 36.3 Å². The lowest BCUT2D eigenvalue weighted by Crippen LogP contribution is -2.36. The first kappa shape index (κ1) is 21.7. The van der Waals surface area contributed by atoms with Crippen LogP contribution in [0.5, 0.6) is 0 Å². The Morgan fingerprint density at radius 2 is 1.74 bits per heavy atom. The molecule has 4 aromatic rings. The van der Waals surface area contributed by atoms with Crippen molar-refractivity contribution in [3.63, 3.8) is 0 Å². The van der Waals surface area contributed by atoms with Crippen LogP contribution in [-0.4, -0.2) is 12.5 Å². The molecule has 0 bridgehead atoms. The van der Waals surface area contributed by atoms with Crippen LogP contribution in [0.2, 0.25) is 0 Å². The summed E-state index contributed by atoms with van der Waals surface area (Å²) in [6.45, 7) is 1.44. The number of para-hydroxylation sites is 1. The van der Waals surface area contributed by atoms with E-state index in [9.17, 15) is 4.79 Å². The van der Waals surface area contributed by atoms with E-state index < -0.39 is 0 Å². The Labute approximate surface area is 200 Å². The standard InChI is InChI=1S/C30H27N3O/c31-20-23-15-13-22(14-16-23)17-18-29(34)33-19-5-10-25-8-4-12-28(30(25)33)32-21-26-9-3-7-24-6-1-2-11-27(24)26/h1-4,6-9,11-16,32H,5,10,17-19,21H2. The number of carbonyl (C=O) groups excluding carboxylic acids is 1. The summed E-state index contributed by atoms with van der Waals surface area (Å²) in [5.41, 5.74) is 6.22. The Balaban J connectivity index is 1.35. The first-order chi connectivity index (χ1) is 16.7. The molecule has 1 heterocycles. The monoisotopic (exact) mass is 445 g/mol. The van der Waals surface area contributed by atoms with Gasteiger partial charge in [-0.25, -0.2) is 0 Å². The van der Waals surface area contributed by atoms with Gasteiger partial charge >= 0.3 is 0 Å². The number of rotatable bonds is 6. The van der Waals surface area contributed by atoms with Crippen LogP contribution in [-0.2, 0) is 24.2 Å². The van der Waals surface area contributed by atoms with Gasteiger partial charge in [0.25, 0.3) is 0 Å². The normalized spacial score (nSPS) is 12.7. The van der Waals surface area contributed by atoms with Gasteiger partial charge in [0.05, 0.1) is 23.0 Å². The van der Waals surface area contributed by atoms with Gasteiger partial charge in [-0.3, -0.25) is 4.79 Å². The van der Waals surface area contributed by atoms with Gasteiger partial charge in [-0.2, -0.15) is 5.26 Å². The zero-order valence-electron chi connectivity index (χ0n) is 19.1. The second-order valence-corrected chi connectivity index (χ2v) is 8.76. The summed E-state index contributed by atoms with van der Waals surface area (Å²) < 4.78 is 0. The number of carbonyl (C=O) groups is 1. The molecule has 0 atom stereocenters. The largest absolute Gasteiger partial charge is 0.379 e. The molecule has 5 rings (SSSR count). The molecule has 1 aliphatic heterocycles. The van der Waals surface area contributed by atoms with Crippen molar-refractivity contribution in [3.8, 4) is 6.07 Å². The third kappa shape index (κ3) is 4.51.